The molecule has 0 spiro atoms. The molecule has 1 fully saturated rings. The molecular weight excluding hydrogens is 251 g/mol. The number of hydrogen-bond acceptors (Lipinski definition) is 4. The predicted octanol–water partition coefficient (Wildman–Crippen LogP) is 2.06. The molecule has 106 valence electrons. The zero-order valence-electron chi connectivity index (χ0n) is 11.0. The van der Waals surface area contributed by atoms with Crippen molar-refractivity contribution < 1.29 is 23.7 Å². The number of rotatable bonds is 5. The maximum atomic E-state index is 13.9. The summed E-state index contributed by atoms with van der Waals surface area (Å²) in [6, 6.07) is 4.57. The minimum Gasteiger partial charge on any atom is -0.496 e. The molecule has 5 heteroatoms. The lowest BCUT2D eigenvalue weighted by Crippen LogP contribution is -2.27. The normalized spacial score (nSPS) is 18.3. The van der Waals surface area contributed by atoms with Gasteiger partial charge in [0.05, 0.1) is 25.4 Å². The van der Waals surface area contributed by atoms with Crippen LogP contribution in [0.4, 0.5) is 4.39 Å². The number of halogens is 1. The average Bonchev–Trinajstić information content (AvgIpc) is 2.46. The van der Waals surface area contributed by atoms with Crippen molar-refractivity contribution in [2.24, 2.45) is 0 Å². The number of aliphatic hydroxyl groups excluding tert-OH is 1. The molecule has 0 saturated carbocycles. The fourth-order valence-electron chi connectivity index (χ4n) is 2.25. The number of benzene rings is 1. The molecular formula is C14H19FO4. The second-order valence-electron chi connectivity index (χ2n) is 4.47. The fourth-order valence-corrected chi connectivity index (χ4v) is 2.25. The number of hydrogen-bond donors (Lipinski definition) is 1. The zero-order valence-corrected chi connectivity index (χ0v) is 11.0. The van der Waals surface area contributed by atoms with Crippen molar-refractivity contribution in [3.05, 3.63) is 29.6 Å². The summed E-state index contributed by atoms with van der Waals surface area (Å²) in [7, 11) is 1.47. The molecule has 4 nitrogen and oxygen atoms in total. The van der Waals surface area contributed by atoms with E-state index in [4.69, 9.17) is 14.2 Å². The summed E-state index contributed by atoms with van der Waals surface area (Å²) in [6.45, 7) is 0.989. The summed E-state index contributed by atoms with van der Waals surface area (Å²) < 4.78 is 30.1. The van der Waals surface area contributed by atoms with Gasteiger partial charge >= 0.3 is 0 Å². The molecule has 1 N–H and O–H groups in total. The molecule has 1 saturated heterocycles. The fraction of sp³-hybridized carbons (Fsp3) is 0.571. The van der Waals surface area contributed by atoms with E-state index in [1.807, 2.05) is 0 Å². The van der Waals surface area contributed by atoms with Crippen molar-refractivity contribution in [2.75, 3.05) is 26.9 Å². The van der Waals surface area contributed by atoms with Crippen LogP contribution in [0, 0.1) is 5.82 Å². The van der Waals surface area contributed by atoms with Gasteiger partial charge in [0.1, 0.15) is 17.7 Å². The van der Waals surface area contributed by atoms with Gasteiger partial charge in [0.15, 0.2) is 0 Å². The summed E-state index contributed by atoms with van der Waals surface area (Å²) in [5, 5.41) is 9.48. The van der Waals surface area contributed by atoms with Crippen molar-refractivity contribution in [1.29, 1.82) is 0 Å². The number of ether oxygens (including phenoxy) is 3. The van der Waals surface area contributed by atoms with Crippen LogP contribution in [0.1, 0.15) is 24.5 Å². The van der Waals surface area contributed by atoms with Crippen LogP contribution in [0.15, 0.2) is 18.2 Å². The standard InChI is InChI=1S/C14H19FO4/c1-17-12-4-2-3-11(15)14(12)13(9-16)19-10-5-7-18-8-6-10/h2-4,10,13,16H,5-9H2,1H3. The molecule has 1 atom stereocenters. The van der Waals surface area contributed by atoms with Gasteiger partial charge in [0.25, 0.3) is 0 Å². The van der Waals surface area contributed by atoms with Crippen LogP contribution in [0.3, 0.4) is 0 Å². The van der Waals surface area contributed by atoms with E-state index in [0.717, 1.165) is 12.8 Å². The molecule has 0 bridgehead atoms. The van der Waals surface area contributed by atoms with Gasteiger partial charge in [-0.25, -0.2) is 4.39 Å². The van der Waals surface area contributed by atoms with Gasteiger partial charge in [-0.2, -0.15) is 0 Å². The van der Waals surface area contributed by atoms with Gasteiger partial charge in [0, 0.05) is 13.2 Å². The van der Waals surface area contributed by atoms with E-state index >= 15 is 0 Å². The summed E-state index contributed by atoms with van der Waals surface area (Å²) >= 11 is 0. The van der Waals surface area contributed by atoms with E-state index in [1.165, 1.54) is 13.2 Å². The maximum Gasteiger partial charge on any atom is 0.132 e. The van der Waals surface area contributed by atoms with Crippen molar-refractivity contribution in [1.82, 2.24) is 0 Å². The zero-order chi connectivity index (χ0) is 13.7. The molecule has 1 unspecified atom stereocenters. The minimum atomic E-state index is -0.709. The first-order chi connectivity index (χ1) is 9.26. The third-order valence-corrected chi connectivity index (χ3v) is 3.25. The highest BCUT2D eigenvalue weighted by atomic mass is 19.1. The summed E-state index contributed by atoms with van der Waals surface area (Å²) in [4.78, 5) is 0. The van der Waals surface area contributed by atoms with Crippen LogP contribution >= 0.6 is 0 Å². The lowest BCUT2D eigenvalue weighted by atomic mass is 10.1. The van der Waals surface area contributed by atoms with Crippen LogP contribution in [0.2, 0.25) is 0 Å². The Hall–Kier alpha value is -1.17. The molecule has 1 heterocycles. The Labute approximate surface area is 112 Å². The Morgan fingerprint density at radius 1 is 1.42 bits per heavy atom. The van der Waals surface area contributed by atoms with Crippen LogP contribution in [-0.2, 0) is 9.47 Å². The molecule has 0 aromatic heterocycles. The van der Waals surface area contributed by atoms with Crippen LogP contribution in [-0.4, -0.2) is 38.1 Å². The number of aliphatic hydroxyl groups is 1. The van der Waals surface area contributed by atoms with Crippen molar-refractivity contribution >= 4 is 0 Å². The van der Waals surface area contributed by atoms with E-state index in [2.05, 4.69) is 0 Å². The minimum absolute atomic E-state index is 0.0183. The van der Waals surface area contributed by atoms with Crippen molar-refractivity contribution in [2.45, 2.75) is 25.0 Å². The van der Waals surface area contributed by atoms with E-state index in [9.17, 15) is 9.50 Å². The van der Waals surface area contributed by atoms with Gasteiger partial charge in [-0.05, 0) is 25.0 Å². The van der Waals surface area contributed by atoms with E-state index in [1.54, 1.807) is 12.1 Å². The monoisotopic (exact) mass is 270 g/mol. The van der Waals surface area contributed by atoms with Gasteiger partial charge in [-0.1, -0.05) is 6.07 Å². The first-order valence-electron chi connectivity index (χ1n) is 6.42. The molecule has 19 heavy (non-hydrogen) atoms. The largest absolute Gasteiger partial charge is 0.496 e. The van der Waals surface area contributed by atoms with Crippen LogP contribution in [0.25, 0.3) is 0 Å². The molecule has 1 aromatic rings. The van der Waals surface area contributed by atoms with Crippen LogP contribution in [0.5, 0.6) is 5.75 Å². The summed E-state index contributed by atoms with van der Waals surface area (Å²) in [5.41, 5.74) is 0.277. The molecule has 1 aliphatic heterocycles. The highest BCUT2D eigenvalue weighted by Crippen LogP contribution is 2.32. The Bertz CT molecular complexity index is 404. The van der Waals surface area contributed by atoms with Crippen molar-refractivity contribution in [3.63, 3.8) is 0 Å². The number of methoxy groups -OCH3 is 1. The lowest BCUT2D eigenvalue weighted by Gasteiger charge is -2.27. The molecule has 1 aliphatic rings. The highest BCUT2D eigenvalue weighted by Gasteiger charge is 2.25. The molecule has 2 rings (SSSR count). The van der Waals surface area contributed by atoms with Crippen molar-refractivity contribution in [3.8, 4) is 5.75 Å². The molecule has 0 amide bonds. The second kappa shape index (κ2) is 6.84. The van der Waals surface area contributed by atoms with Crippen LogP contribution < -0.4 is 4.74 Å². The van der Waals surface area contributed by atoms with E-state index < -0.39 is 11.9 Å². The summed E-state index contributed by atoms with van der Waals surface area (Å²) in [6.07, 6.45) is 0.787. The molecule has 1 aromatic carbocycles. The average molecular weight is 270 g/mol. The second-order valence-corrected chi connectivity index (χ2v) is 4.47. The third-order valence-electron chi connectivity index (χ3n) is 3.25. The van der Waals surface area contributed by atoms with Gasteiger partial charge in [0.2, 0.25) is 0 Å². The Morgan fingerprint density at radius 2 is 2.16 bits per heavy atom. The Balaban J connectivity index is 2.16. The Kier molecular flexibility index (Phi) is 5.13. The predicted molar refractivity (Wildman–Crippen MR) is 67.7 cm³/mol. The first kappa shape index (κ1) is 14.2. The van der Waals surface area contributed by atoms with Gasteiger partial charge in [-0.3, -0.25) is 0 Å². The van der Waals surface area contributed by atoms with E-state index in [0.29, 0.717) is 19.0 Å². The molecule has 0 aliphatic carbocycles. The lowest BCUT2D eigenvalue weighted by molar-refractivity contribution is -0.0863. The quantitative estimate of drug-likeness (QED) is 0.889. The summed E-state index contributed by atoms with van der Waals surface area (Å²) in [5.74, 6) is -0.0310. The Morgan fingerprint density at radius 3 is 2.79 bits per heavy atom. The van der Waals surface area contributed by atoms with E-state index in [-0.39, 0.29) is 18.3 Å². The third kappa shape index (κ3) is 3.43. The smallest absolute Gasteiger partial charge is 0.132 e. The highest BCUT2D eigenvalue weighted by molar-refractivity contribution is 5.36. The SMILES string of the molecule is COc1cccc(F)c1C(CO)OC1CCOCC1. The molecule has 0 radical (unpaired) electrons. The topological polar surface area (TPSA) is 47.9 Å². The van der Waals surface area contributed by atoms with Gasteiger partial charge < -0.3 is 19.3 Å². The first-order valence-corrected chi connectivity index (χ1v) is 6.42. The maximum absolute atomic E-state index is 13.9. The van der Waals surface area contributed by atoms with Gasteiger partial charge in [-0.15, -0.1) is 0 Å².